The fourth-order valence-corrected chi connectivity index (χ4v) is 2.30. The lowest BCUT2D eigenvalue weighted by atomic mass is 9.87. The Morgan fingerprint density at radius 3 is 2.00 bits per heavy atom. The number of nitrogen functional groups attached to an aromatic ring is 2. The Bertz CT molecular complexity index is 471. The van der Waals surface area contributed by atoms with Gasteiger partial charge < -0.3 is 11.5 Å². The number of rotatable bonds is 3. The maximum atomic E-state index is 6.06. The highest BCUT2D eigenvalue weighted by Crippen LogP contribution is 2.35. The molecule has 2 aromatic carbocycles. The molecule has 0 heterocycles. The molecule has 0 aromatic heterocycles. The minimum Gasteiger partial charge on any atom is -0.398 e. The third kappa shape index (κ3) is 2.26. The van der Waals surface area contributed by atoms with E-state index in [1.165, 1.54) is 5.56 Å². The SMILES string of the molecule is CCC(c1ccccc1)c1c(N)cccc1N. The van der Waals surface area contributed by atoms with Crippen molar-refractivity contribution < 1.29 is 0 Å². The molecule has 1 atom stereocenters. The van der Waals surface area contributed by atoms with Gasteiger partial charge >= 0.3 is 0 Å². The van der Waals surface area contributed by atoms with Crippen LogP contribution in [0.3, 0.4) is 0 Å². The molecule has 0 saturated heterocycles. The largest absolute Gasteiger partial charge is 0.398 e. The van der Waals surface area contributed by atoms with Gasteiger partial charge in [0.05, 0.1) is 0 Å². The molecule has 0 bridgehead atoms. The van der Waals surface area contributed by atoms with Gasteiger partial charge in [-0.3, -0.25) is 0 Å². The summed E-state index contributed by atoms with van der Waals surface area (Å²) in [5.41, 5.74) is 16.0. The second kappa shape index (κ2) is 4.91. The van der Waals surface area contributed by atoms with Crippen molar-refractivity contribution in [1.82, 2.24) is 0 Å². The van der Waals surface area contributed by atoms with Crippen molar-refractivity contribution in [3.8, 4) is 0 Å². The topological polar surface area (TPSA) is 52.0 Å². The second-order valence-electron chi connectivity index (χ2n) is 4.22. The highest BCUT2D eigenvalue weighted by molar-refractivity contribution is 5.64. The van der Waals surface area contributed by atoms with Gasteiger partial charge in [0, 0.05) is 22.9 Å². The minimum atomic E-state index is 0.275. The zero-order chi connectivity index (χ0) is 12.3. The van der Waals surface area contributed by atoms with Crippen molar-refractivity contribution in [2.24, 2.45) is 0 Å². The first-order valence-corrected chi connectivity index (χ1v) is 5.92. The Balaban J connectivity index is 2.50. The smallest absolute Gasteiger partial charge is 0.0373 e. The van der Waals surface area contributed by atoms with Crippen LogP contribution in [-0.4, -0.2) is 0 Å². The van der Waals surface area contributed by atoms with E-state index >= 15 is 0 Å². The average molecular weight is 226 g/mol. The molecule has 2 heteroatoms. The molecule has 0 amide bonds. The molecule has 0 saturated carbocycles. The molecular weight excluding hydrogens is 208 g/mol. The van der Waals surface area contributed by atoms with Crippen molar-refractivity contribution in [3.63, 3.8) is 0 Å². The molecule has 0 radical (unpaired) electrons. The second-order valence-corrected chi connectivity index (χ2v) is 4.22. The summed E-state index contributed by atoms with van der Waals surface area (Å²) in [6.07, 6.45) is 0.989. The summed E-state index contributed by atoms with van der Waals surface area (Å²) in [5, 5.41) is 0. The van der Waals surface area contributed by atoms with Gasteiger partial charge in [-0.25, -0.2) is 0 Å². The van der Waals surface area contributed by atoms with Crippen LogP contribution in [0.25, 0.3) is 0 Å². The predicted molar refractivity (Wildman–Crippen MR) is 73.8 cm³/mol. The van der Waals surface area contributed by atoms with E-state index in [0.717, 1.165) is 23.4 Å². The summed E-state index contributed by atoms with van der Waals surface area (Å²) in [6.45, 7) is 2.16. The van der Waals surface area contributed by atoms with Crippen LogP contribution in [0.1, 0.15) is 30.4 Å². The Morgan fingerprint density at radius 1 is 0.882 bits per heavy atom. The van der Waals surface area contributed by atoms with E-state index in [1.54, 1.807) is 0 Å². The molecule has 88 valence electrons. The van der Waals surface area contributed by atoms with Crippen molar-refractivity contribution in [2.45, 2.75) is 19.3 Å². The van der Waals surface area contributed by atoms with Crippen LogP contribution in [0.4, 0.5) is 11.4 Å². The van der Waals surface area contributed by atoms with Crippen molar-refractivity contribution in [1.29, 1.82) is 0 Å². The van der Waals surface area contributed by atoms with E-state index in [0.29, 0.717) is 0 Å². The Labute approximate surface area is 102 Å². The Morgan fingerprint density at radius 2 is 1.47 bits per heavy atom. The first-order chi connectivity index (χ1) is 8.24. The standard InChI is InChI=1S/C15H18N2/c1-2-12(11-7-4-3-5-8-11)15-13(16)9-6-10-14(15)17/h3-10,12H,2,16-17H2,1H3. The molecule has 0 fully saturated rings. The highest BCUT2D eigenvalue weighted by atomic mass is 14.6. The number of hydrogen-bond donors (Lipinski definition) is 2. The van der Waals surface area contributed by atoms with E-state index < -0.39 is 0 Å². The zero-order valence-corrected chi connectivity index (χ0v) is 10.1. The normalized spacial score (nSPS) is 12.3. The van der Waals surface area contributed by atoms with Gasteiger partial charge in [0.25, 0.3) is 0 Å². The van der Waals surface area contributed by atoms with Crippen LogP contribution in [0.15, 0.2) is 48.5 Å². The lowest BCUT2D eigenvalue weighted by molar-refractivity contribution is 0.782. The fourth-order valence-electron chi connectivity index (χ4n) is 2.30. The van der Waals surface area contributed by atoms with Gasteiger partial charge in [-0.2, -0.15) is 0 Å². The van der Waals surface area contributed by atoms with Gasteiger partial charge in [-0.15, -0.1) is 0 Å². The lowest BCUT2D eigenvalue weighted by Gasteiger charge is -2.20. The van der Waals surface area contributed by atoms with Crippen molar-refractivity contribution in [2.75, 3.05) is 11.5 Å². The van der Waals surface area contributed by atoms with Gasteiger partial charge in [0.15, 0.2) is 0 Å². The molecule has 17 heavy (non-hydrogen) atoms. The van der Waals surface area contributed by atoms with Gasteiger partial charge in [0.2, 0.25) is 0 Å². The summed E-state index contributed by atoms with van der Waals surface area (Å²) in [4.78, 5) is 0. The average Bonchev–Trinajstić information content (AvgIpc) is 2.35. The first kappa shape index (κ1) is 11.5. The fraction of sp³-hybridized carbons (Fsp3) is 0.200. The van der Waals surface area contributed by atoms with E-state index in [1.807, 2.05) is 36.4 Å². The maximum absolute atomic E-state index is 6.06. The van der Waals surface area contributed by atoms with E-state index in [-0.39, 0.29) is 5.92 Å². The predicted octanol–water partition coefficient (Wildman–Crippen LogP) is 3.39. The Kier molecular flexibility index (Phi) is 3.33. The molecular formula is C15H18N2. The van der Waals surface area contributed by atoms with Crippen LogP contribution >= 0.6 is 0 Å². The third-order valence-corrected chi connectivity index (χ3v) is 3.13. The molecule has 2 rings (SSSR count). The quantitative estimate of drug-likeness (QED) is 0.788. The molecule has 4 N–H and O–H groups in total. The van der Waals surface area contributed by atoms with Crippen LogP contribution in [-0.2, 0) is 0 Å². The summed E-state index contributed by atoms with van der Waals surface area (Å²) in [5.74, 6) is 0.275. The Hall–Kier alpha value is -1.96. The minimum absolute atomic E-state index is 0.275. The van der Waals surface area contributed by atoms with Gasteiger partial charge in [-0.05, 0) is 24.1 Å². The van der Waals surface area contributed by atoms with Crippen molar-refractivity contribution in [3.05, 3.63) is 59.7 Å². The molecule has 0 aliphatic rings. The molecule has 0 spiro atoms. The summed E-state index contributed by atoms with van der Waals surface area (Å²) >= 11 is 0. The van der Waals surface area contributed by atoms with Crippen LogP contribution in [0.2, 0.25) is 0 Å². The van der Waals surface area contributed by atoms with Crippen LogP contribution < -0.4 is 11.5 Å². The molecule has 0 aliphatic heterocycles. The van der Waals surface area contributed by atoms with Crippen molar-refractivity contribution >= 4 is 11.4 Å². The molecule has 2 nitrogen and oxygen atoms in total. The van der Waals surface area contributed by atoms with Gasteiger partial charge in [0.1, 0.15) is 0 Å². The molecule has 2 aromatic rings. The number of nitrogens with two attached hydrogens (primary N) is 2. The molecule has 0 aliphatic carbocycles. The summed E-state index contributed by atoms with van der Waals surface area (Å²) in [7, 11) is 0. The highest BCUT2D eigenvalue weighted by Gasteiger charge is 2.16. The summed E-state index contributed by atoms with van der Waals surface area (Å²) in [6, 6.07) is 16.1. The third-order valence-electron chi connectivity index (χ3n) is 3.13. The maximum Gasteiger partial charge on any atom is 0.0373 e. The monoisotopic (exact) mass is 226 g/mol. The van der Waals surface area contributed by atoms with E-state index in [9.17, 15) is 0 Å². The summed E-state index contributed by atoms with van der Waals surface area (Å²) < 4.78 is 0. The number of anilines is 2. The van der Waals surface area contributed by atoms with Crippen LogP contribution in [0, 0.1) is 0 Å². The first-order valence-electron chi connectivity index (χ1n) is 5.92. The van der Waals surface area contributed by atoms with Crippen LogP contribution in [0.5, 0.6) is 0 Å². The number of hydrogen-bond acceptors (Lipinski definition) is 2. The van der Waals surface area contributed by atoms with E-state index in [2.05, 4.69) is 19.1 Å². The lowest BCUT2D eigenvalue weighted by Crippen LogP contribution is -2.07. The zero-order valence-electron chi connectivity index (χ0n) is 10.1. The number of benzene rings is 2. The van der Waals surface area contributed by atoms with E-state index in [4.69, 9.17) is 11.5 Å². The molecule has 1 unspecified atom stereocenters. The van der Waals surface area contributed by atoms with Gasteiger partial charge in [-0.1, -0.05) is 43.3 Å².